The van der Waals surface area contributed by atoms with Crippen LogP contribution in [0.4, 0.5) is 20.6 Å². The lowest BCUT2D eigenvalue weighted by Gasteiger charge is -2.39. The smallest absolute Gasteiger partial charge is 0.322 e. The van der Waals surface area contributed by atoms with Gasteiger partial charge in [0.2, 0.25) is 0 Å². The average Bonchev–Trinajstić information content (AvgIpc) is 2.62. The number of carbonyl (C=O) groups is 1. The lowest BCUT2D eigenvalue weighted by molar-refractivity contribution is 0.0811. The summed E-state index contributed by atoms with van der Waals surface area (Å²) >= 11 is 0. The summed E-state index contributed by atoms with van der Waals surface area (Å²) in [5, 5.41) is 12.6. The molecule has 2 saturated heterocycles. The number of carbonyl (C=O) groups excluding carboxylic acids is 1. The van der Waals surface area contributed by atoms with Crippen molar-refractivity contribution in [3.63, 3.8) is 0 Å². The minimum absolute atomic E-state index is 0.0449. The van der Waals surface area contributed by atoms with Crippen LogP contribution in [0.25, 0.3) is 0 Å². The van der Waals surface area contributed by atoms with Crippen LogP contribution in [0, 0.1) is 11.7 Å². The fourth-order valence-corrected chi connectivity index (χ4v) is 3.99. The van der Waals surface area contributed by atoms with Crippen molar-refractivity contribution in [1.82, 2.24) is 4.90 Å². The Balaban J connectivity index is 1.79. The Labute approximate surface area is 148 Å². The largest absolute Gasteiger partial charge is 0.394 e. The minimum atomic E-state index is -0.359. The molecule has 0 saturated carbocycles. The van der Waals surface area contributed by atoms with Crippen LogP contribution in [-0.4, -0.2) is 48.3 Å². The monoisotopic (exact) mass is 349 g/mol. The van der Waals surface area contributed by atoms with Gasteiger partial charge in [-0.2, -0.15) is 0 Å². The lowest BCUT2D eigenvalue weighted by atomic mass is 9.91. The summed E-state index contributed by atoms with van der Waals surface area (Å²) in [5.74, 6) is -0.0969. The first-order valence-electron chi connectivity index (χ1n) is 9.33. The Hall–Kier alpha value is -1.82. The number of amides is 2. The molecule has 2 N–H and O–H groups in total. The molecule has 3 rings (SSSR count). The summed E-state index contributed by atoms with van der Waals surface area (Å²) in [4.78, 5) is 16.7. The Morgan fingerprint density at radius 1 is 1.24 bits per heavy atom. The maximum Gasteiger partial charge on any atom is 0.322 e. The standard InChI is InChI=1S/C19H28FN3O2/c1-14-6-5-11-23(18(14)13-24)19(25)21-16-12-15(20)7-8-17(16)22-9-3-2-4-10-22/h7-8,12,14,18,24H,2-6,9-11,13H2,1H3,(H,21,25). The number of hydrogen-bond donors (Lipinski definition) is 2. The Morgan fingerprint density at radius 2 is 2.00 bits per heavy atom. The maximum atomic E-state index is 13.8. The number of hydrogen-bond acceptors (Lipinski definition) is 3. The summed E-state index contributed by atoms with van der Waals surface area (Å²) < 4.78 is 13.8. The second-order valence-electron chi connectivity index (χ2n) is 7.20. The molecule has 2 atom stereocenters. The number of urea groups is 1. The number of rotatable bonds is 3. The quantitative estimate of drug-likeness (QED) is 0.879. The summed E-state index contributed by atoms with van der Waals surface area (Å²) in [5.41, 5.74) is 1.39. The van der Waals surface area contributed by atoms with Gasteiger partial charge in [-0.25, -0.2) is 9.18 Å². The second kappa shape index (κ2) is 8.04. The van der Waals surface area contributed by atoms with Crippen LogP contribution in [0.5, 0.6) is 0 Å². The third-order valence-corrected chi connectivity index (χ3v) is 5.46. The van der Waals surface area contributed by atoms with Gasteiger partial charge in [-0.1, -0.05) is 6.92 Å². The van der Waals surface area contributed by atoms with Crippen molar-refractivity contribution in [2.45, 2.75) is 45.1 Å². The van der Waals surface area contributed by atoms with Crippen LogP contribution in [0.1, 0.15) is 39.0 Å². The number of nitrogens with zero attached hydrogens (tertiary/aromatic N) is 2. The molecule has 5 nitrogen and oxygen atoms in total. The highest BCUT2D eigenvalue weighted by Gasteiger charge is 2.31. The molecule has 2 heterocycles. The zero-order valence-corrected chi connectivity index (χ0v) is 14.9. The topological polar surface area (TPSA) is 55.8 Å². The SMILES string of the molecule is CC1CCCN(C(=O)Nc2cc(F)ccc2N2CCCCC2)C1CO. The molecule has 2 aliphatic heterocycles. The molecule has 1 aromatic carbocycles. The van der Waals surface area contributed by atoms with E-state index in [2.05, 4.69) is 17.1 Å². The van der Waals surface area contributed by atoms with Crippen LogP contribution in [-0.2, 0) is 0 Å². The van der Waals surface area contributed by atoms with E-state index in [4.69, 9.17) is 0 Å². The molecular weight excluding hydrogens is 321 g/mol. The highest BCUT2D eigenvalue weighted by molar-refractivity contribution is 5.93. The van der Waals surface area contributed by atoms with Crippen molar-refractivity contribution in [3.05, 3.63) is 24.0 Å². The first kappa shape index (κ1) is 18.0. The van der Waals surface area contributed by atoms with Gasteiger partial charge >= 0.3 is 6.03 Å². The normalized spacial score (nSPS) is 24.3. The van der Waals surface area contributed by atoms with E-state index in [1.165, 1.54) is 18.6 Å². The van der Waals surface area contributed by atoms with E-state index in [1.54, 1.807) is 11.0 Å². The average molecular weight is 349 g/mol. The molecule has 138 valence electrons. The van der Waals surface area contributed by atoms with Crippen molar-refractivity contribution in [2.24, 2.45) is 5.92 Å². The van der Waals surface area contributed by atoms with E-state index >= 15 is 0 Å². The highest BCUT2D eigenvalue weighted by Crippen LogP contribution is 2.30. The molecule has 0 radical (unpaired) electrons. The van der Waals surface area contributed by atoms with Gasteiger partial charge < -0.3 is 20.2 Å². The molecule has 6 heteroatoms. The molecule has 0 aliphatic carbocycles. The van der Waals surface area contributed by atoms with Gasteiger partial charge in [0.05, 0.1) is 24.0 Å². The first-order chi connectivity index (χ1) is 12.1. The number of anilines is 2. The number of piperidine rings is 2. The molecule has 0 aromatic heterocycles. The van der Waals surface area contributed by atoms with Gasteiger partial charge in [-0.3, -0.25) is 0 Å². The van der Waals surface area contributed by atoms with Crippen LogP contribution in [0.3, 0.4) is 0 Å². The van der Waals surface area contributed by atoms with Gasteiger partial charge in [-0.05, 0) is 56.2 Å². The summed E-state index contributed by atoms with van der Waals surface area (Å²) in [6.07, 6.45) is 5.37. The molecular formula is C19H28FN3O2. The number of aliphatic hydroxyl groups is 1. The third-order valence-electron chi connectivity index (χ3n) is 5.46. The van der Waals surface area contributed by atoms with Crippen molar-refractivity contribution in [1.29, 1.82) is 0 Å². The first-order valence-corrected chi connectivity index (χ1v) is 9.33. The fraction of sp³-hybridized carbons (Fsp3) is 0.632. The molecule has 1 aromatic rings. The minimum Gasteiger partial charge on any atom is -0.394 e. The van der Waals surface area contributed by atoms with E-state index < -0.39 is 0 Å². The summed E-state index contributed by atoms with van der Waals surface area (Å²) in [6, 6.07) is 4.15. The highest BCUT2D eigenvalue weighted by atomic mass is 19.1. The molecule has 25 heavy (non-hydrogen) atoms. The predicted molar refractivity (Wildman–Crippen MR) is 97.5 cm³/mol. The Kier molecular flexibility index (Phi) is 5.78. The van der Waals surface area contributed by atoms with Crippen molar-refractivity contribution < 1.29 is 14.3 Å². The molecule has 2 amide bonds. The van der Waals surface area contributed by atoms with Gasteiger partial charge in [0, 0.05) is 19.6 Å². The third kappa shape index (κ3) is 4.06. The number of halogens is 1. The number of aliphatic hydroxyl groups excluding tert-OH is 1. The molecule has 0 bridgehead atoms. The molecule has 2 fully saturated rings. The zero-order valence-electron chi connectivity index (χ0n) is 14.9. The number of nitrogens with one attached hydrogen (secondary N) is 1. The van der Waals surface area contributed by atoms with Crippen LogP contribution >= 0.6 is 0 Å². The Bertz CT molecular complexity index is 604. The number of likely N-dealkylation sites (tertiary alicyclic amines) is 1. The van der Waals surface area contributed by atoms with E-state index in [0.717, 1.165) is 44.5 Å². The molecule has 2 unspecified atom stereocenters. The molecule has 2 aliphatic rings. The van der Waals surface area contributed by atoms with Crippen LogP contribution < -0.4 is 10.2 Å². The Morgan fingerprint density at radius 3 is 2.72 bits per heavy atom. The maximum absolute atomic E-state index is 13.8. The van der Waals surface area contributed by atoms with E-state index in [0.29, 0.717) is 12.2 Å². The van der Waals surface area contributed by atoms with Crippen LogP contribution in [0.2, 0.25) is 0 Å². The number of benzene rings is 1. The van der Waals surface area contributed by atoms with Crippen LogP contribution in [0.15, 0.2) is 18.2 Å². The predicted octanol–water partition coefficient (Wildman–Crippen LogP) is 3.44. The summed E-state index contributed by atoms with van der Waals surface area (Å²) in [6.45, 7) is 4.48. The molecule has 0 spiro atoms. The van der Waals surface area contributed by atoms with Crippen molar-refractivity contribution in [3.8, 4) is 0 Å². The van der Waals surface area contributed by atoms with E-state index in [9.17, 15) is 14.3 Å². The zero-order chi connectivity index (χ0) is 17.8. The second-order valence-corrected chi connectivity index (χ2v) is 7.20. The van der Waals surface area contributed by atoms with Crippen molar-refractivity contribution in [2.75, 3.05) is 36.5 Å². The van der Waals surface area contributed by atoms with Crippen molar-refractivity contribution >= 4 is 17.4 Å². The fourth-order valence-electron chi connectivity index (χ4n) is 3.99. The van der Waals surface area contributed by atoms with Gasteiger partial charge in [-0.15, -0.1) is 0 Å². The van der Waals surface area contributed by atoms with Gasteiger partial charge in [0.1, 0.15) is 5.82 Å². The van der Waals surface area contributed by atoms with E-state index in [-0.39, 0.29) is 30.4 Å². The lowest BCUT2D eigenvalue weighted by Crippen LogP contribution is -2.51. The van der Waals surface area contributed by atoms with Gasteiger partial charge in [0.15, 0.2) is 0 Å². The van der Waals surface area contributed by atoms with E-state index in [1.807, 2.05) is 0 Å². The summed E-state index contributed by atoms with van der Waals surface area (Å²) in [7, 11) is 0. The van der Waals surface area contributed by atoms with Gasteiger partial charge in [0.25, 0.3) is 0 Å².